The topological polar surface area (TPSA) is 86.5 Å². The van der Waals surface area contributed by atoms with Crippen LogP contribution < -0.4 is 20.5 Å². The Balaban J connectivity index is 1.63. The van der Waals surface area contributed by atoms with E-state index in [9.17, 15) is 4.79 Å². The first-order valence-electron chi connectivity index (χ1n) is 7.48. The first kappa shape index (κ1) is 14.8. The Morgan fingerprint density at radius 3 is 2.83 bits per heavy atom. The molecule has 0 fully saturated rings. The Morgan fingerprint density at radius 2 is 2.00 bits per heavy atom. The lowest BCUT2D eigenvalue weighted by Gasteiger charge is -2.18. The van der Waals surface area contributed by atoms with Crippen LogP contribution in [-0.4, -0.2) is 24.1 Å². The third kappa shape index (κ3) is 2.52. The van der Waals surface area contributed by atoms with E-state index in [1.165, 1.54) is 11.3 Å². The third-order valence-electron chi connectivity index (χ3n) is 3.74. The van der Waals surface area contributed by atoms with Crippen molar-refractivity contribution >= 4 is 38.8 Å². The van der Waals surface area contributed by atoms with Crippen LogP contribution in [0.2, 0.25) is 0 Å². The molecule has 24 heavy (non-hydrogen) atoms. The van der Waals surface area contributed by atoms with E-state index in [0.29, 0.717) is 41.0 Å². The van der Waals surface area contributed by atoms with Crippen molar-refractivity contribution in [2.75, 3.05) is 24.3 Å². The van der Waals surface area contributed by atoms with E-state index < -0.39 is 0 Å². The molecule has 4 rings (SSSR count). The molecular weight excluding hydrogens is 326 g/mol. The highest BCUT2D eigenvalue weighted by Gasteiger charge is 2.18. The van der Waals surface area contributed by atoms with Gasteiger partial charge in [-0.2, -0.15) is 0 Å². The van der Waals surface area contributed by atoms with Gasteiger partial charge in [0.2, 0.25) is 0 Å². The van der Waals surface area contributed by atoms with Crippen LogP contribution in [-0.2, 0) is 0 Å². The highest BCUT2D eigenvalue weighted by Crippen LogP contribution is 2.35. The second kappa shape index (κ2) is 5.68. The maximum absolute atomic E-state index is 12.6. The fourth-order valence-electron chi connectivity index (χ4n) is 2.57. The predicted molar refractivity (Wildman–Crippen MR) is 94.2 cm³/mol. The molecule has 1 aliphatic rings. The first-order chi connectivity index (χ1) is 11.6. The number of carbonyl (C=O) groups is 1. The molecule has 0 spiro atoms. The van der Waals surface area contributed by atoms with Crippen LogP contribution >= 0.6 is 11.3 Å². The summed E-state index contributed by atoms with van der Waals surface area (Å²) in [5, 5.41) is 3.66. The van der Waals surface area contributed by atoms with Crippen molar-refractivity contribution in [3.8, 4) is 11.5 Å². The number of nitrogens with two attached hydrogens (primary N) is 1. The molecule has 0 saturated carbocycles. The zero-order valence-corrected chi connectivity index (χ0v) is 13.8. The maximum Gasteiger partial charge on any atom is 0.267 e. The van der Waals surface area contributed by atoms with E-state index in [-0.39, 0.29) is 5.91 Å². The van der Waals surface area contributed by atoms with Crippen molar-refractivity contribution in [1.82, 2.24) is 4.98 Å². The number of nitrogens with zero attached hydrogens (tertiary/aromatic N) is 1. The average molecular weight is 341 g/mol. The van der Waals surface area contributed by atoms with Gasteiger partial charge in [-0.3, -0.25) is 4.79 Å². The minimum atomic E-state index is -0.259. The molecule has 0 saturated heterocycles. The maximum atomic E-state index is 12.6. The molecule has 6 nitrogen and oxygen atoms in total. The molecule has 1 aromatic carbocycles. The fraction of sp³-hybridized carbons (Fsp3) is 0.176. The molecule has 0 radical (unpaired) electrons. The van der Waals surface area contributed by atoms with Crippen LogP contribution in [0.15, 0.2) is 30.3 Å². The second-order valence-electron chi connectivity index (χ2n) is 5.46. The standard InChI is InChI=1S/C17H15N3O3S/c1-9-2-4-11-14(18)15(24-17(11)19-9)16(21)20-10-3-5-12-13(8-10)23-7-6-22-12/h2-5,8H,6-7,18H2,1H3,(H,20,21). The largest absolute Gasteiger partial charge is 0.486 e. The number of nitrogen functional groups attached to an aromatic ring is 1. The summed E-state index contributed by atoms with van der Waals surface area (Å²) in [5.74, 6) is 1.05. The summed E-state index contributed by atoms with van der Waals surface area (Å²) >= 11 is 1.29. The molecule has 1 aliphatic heterocycles. The highest BCUT2D eigenvalue weighted by molar-refractivity contribution is 7.21. The summed E-state index contributed by atoms with van der Waals surface area (Å²) in [6.45, 7) is 2.94. The van der Waals surface area contributed by atoms with Crippen molar-refractivity contribution in [2.45, 2.75) is 6.92 Å². The van der Waals surface area contributed by atoms with Gasteiger partial charge in [-0.25, -0.2) is 4.98 Å². The van der Waals surface area contributed by atoms with E-state index in [2.05, 4.69) is 10.3 Å². The number of aromatic nitrogens is 1. The van der Waals surface area contributed by atoms with Crippen molar-refractivity contribution in [3.05, 3.63) is 40.9 Å². The summed E-state index contributed by atoms with van der Waals surface area (Å²) < 4.78 is 11.0. The Labute approximate surface area is 142 Å². The average Bonchev–Trinajstić information content (AvgIpc) is 2.91. The van der Waals surface area contributed by atoms with Gasteiger partial charge in [0.05, 0.1) is 5.69 Å². The monoisotopic (exact) mass is 341 g/mol. The number of nitrogens with one attached hydrogen (secondary N) is 1. The molecule has 3 heterocycles. The highest BCUT2D eigenvalue weighted by atomic mass is 32.1. The molecule has 0 bridgehead atoms. The molecule has 122 valence electrons. The first-order valence-corrected chi connectivity index (χ1v) is 8.30. The van der Waals surface area contributed by atoms with Crippen molar-refractivity contribution < 1.29 is 14.3 Å². The van der Waals surface area contributed by atoms with Crippen LogP contribution in [0.25, 0.3) is 10.2 Å². The predicted octanol–water partition coefficient (Wildman–Crippen LogP) is 3.21. The molecule has 7 heteroatoms. The number of hydrogen-bond donors (Lipinski definition) is 2. The number of hydrogen-bond acceptors (Lipinski definition) is 6. The van der Waals surface area contributed by atoms with Crippen LogP contribution in [0.3, 0.4) is 0 Å². The van der Waals surface area contributed by atoms with Crippen LogP contribution in [0.4, 0.5) is 11.4 Å². The number of pyridine rings is 1. The molecular formula is C17H15N3O3S. The lowest BCUT2D eigenvalue weighted by atomic mass is 10.2. The van der Waals surface area contributed by atoms with Gasteiger partial charge in [-0.1, -0.05) is 0 Å². The van der Waals surface area contributed by atoms with Crippen LogP contribution in [0, 0.1) is 6.92 Å². The summed E-state index contributed by atoms with van der Waals surface area (Å²) in [6.07, 6.45) is 0. The van der Waals surface area contributed by atoms with E-state index in [4.69, 9.17) is 15.2 Å². The van der Waals surface area contributed by atoms with Crippen LogP contribution in [0.1, 0.15) is 15.4 Å². The molecule has 0 atom stereocenters. The van der Waals surface area contributed by atoms with Gasteiger partial charge in [0.25, 0.3) is 5.91 Å². The number of amides is 1. The Bertz CT molecular complexity index is 952. The number of fused-ring (bicyclic) bond motifs is 2. The summed E-state index contributed by atoms with van der Waals surface area (Å²) in [6, 6.07) is 9.08. The molecule has 0 unspecified atom stereocenters. The van der Waals surface area contributed by atoms with Gasteiger partial charge < -0.3 is 20.5 Å². The fourth-order valence-corrected chi connectivity index (χ4v) is 3.60. The van der Waals surface area contributed by atoms with Crippen LogP contribution in [0.5, 0.6) is 11.5 Å². The van der Waals surface area contributed by atoms with E-state index >= 15 is 0 Å². The molecule has 0 aliphatic carbocycles. The smallest absolute Gasteiger partial charge is 0.267 e. The number of thiophene rings is 1. The number of ether oxygens (including phenoxy) is 2. The Kier molecular flexibility index (Phi) is 3.50. The van der Waals surface area contributed by atoms with Crippen molar-refractivity contribution in [3.63, 3.8) is 0 Å². The molecule has 3 N–H and O–H groups in total. The molecule has 2 aromatic heterocycles. The summed E-state index contributed by atoms with van der Waals surface area (Å²) in [4.78, 5) is 18.2. The van der Waals surface area contributed by atoms with E-state index in [0.717, 1.165) is 15.9 Å². The Morgan fingerprint density at radius 1 is 1.21 bits per heavy atom. The normalized spacial score (nSPS) is 13.0. The summed E-state index contributed by atoms with van der Waals surface area (Å²) in [7, 11) is 0. The minimum absolute atomic E-state index is 0.259. The lowest BCUT2D eigenvalue weighted by Crippen LogP contribution is -2.16. The van der Waals surface area contributed by atoms with E-state index in [1.54, 1.807) is 18.2 Å². The number of aryl methyl sites for hydroxylation is 1. The minimum Gasteiger partial charge on any atom is -0.486 e. The van der Waals surface area contributed by atoms with Gasteiger partial charge in [0.1, 0.15) is 22.9 Å². The van der Waals surface area contributed by atoms with Gasteiger partial charge >= 0.3 is 0 Å². The SMILES string of the molecule is Cc1ccc2c(N)c(C(=O)Nc3ccc4c(c3)OCCO4)sc2n1. The zero-order valence-electron chi connectivity index (χ0n) is 13.0. The van der Waals surface area contributed by atoms with Crippen molar-refractivity contribution in [2.24, 2.45) is 0 Å². The van der Waals surface area contributed by atoms with Gasteiger partial charge in [0.15, 0.2) is 11.5 Å². The summed E-state index contributed by atoms with van der Waals surface area (Å²) in [5.41, 5.74) is 8.10. The Hall–Kier alpha value is -2.80. The zero-order chi connectivity index (χ0) is 16.7. The van der Waals surface area contributed by atoms with E-state index in [1.807, 2.05) is 19.1 Å². The quantitative estimate of drug-likeness (QED) is 0.747. The lowest BCUT2D eigenvalue weighted by molar-refractivity contribution is 0.103. The molecule has 1 amide bonds. The van der Waals surface area contributed by atoms with Gasteiger partial charge in [0, 0.05) is 22.8 Å². The number of benzene rings is 1. The van der Waals surface area contributed by atoms with Crippen molar-refractivity contribution in [1.29, 1.82) is 0 Å². The second-order valence-corrected chi connectivity index (χ2v) is 6.46. The number of rotatable bonds is 2. The third-order valence-corrected chi connectivity index (χ3v) is 4.85. The van der Waals surface area contributed by atoms with Gasteiger partial charge in [-0.15, -0.1) is 11.3 Å². The number of carbonyl (C=O) groups excluding carboxylic acids is 1. The van der Waals surface area contributed by atoms with Gasteiger partial charge in [-0.05, 0) is 31.2 Å². The number of anilines is 2. The molecule has 3 aromatic rings.